The summed E-state index contributed by atoms with van der Waals surface area (Å²) in [6, 6.07) is 14.3. The topological polar surface area (TPSA) is 72.2 Å². The largest absolute Gasteiger partial charge is 0.451 e. The van der Waals surface area contributed by atoms with Gasteiger partial charge in [-0.2, -0.15) is 0 Å². The van der Waals surface area contributed by atoms with Crippen LogP contribution in [0.25, 0.3) is 21.2 Å². The highest BCUT2D eigenvalue weighted by Crippen LogP contribution is 2.21. The van der Waals surface area contributed by atoms with Gasteiger partial charge in [-0.25, -0.2) is 4.98 Å². The second kappa shape index (κ2) is 6.14. The van der Waals surface area contributed by atoms with E-state index in [2.05, 4.69) is 10.3 Å². The third-order valence-electron chi connectivity index (χ3n) is 3.84. The van der Waals surface area contributed by atoms with E-state index in [1.807, 2.05) is 37.3 Å². The number of aromatic nitrogens is 1. The predicted molar refractivity (Wildman–Crippen MR) is 98.0 cm³/mol. The molecule has 0 fully saturated rings. The second-order valence-electron chi connectivity index (χ2n) is 5.73. The van der Waals surface area contributed by atoms with Crippen LogP contribution in [0.3, 0.4) is 0 Å². The van der Waals surface area contributed by atoms with Crippen LogP contribution in [0.15, 0.2) is 57.7 Å². The molecule has 2 aromatic carbocycles. The number of benzene rings is 2. The Balaban J connectivity index is 1.57. The SMILES string of the molecule is Cc1ccc2oc(C(=O)NCc3nc4ccccc4s3)cc(=O)c2c1. The smallest absolute Gasteiger partial charge is 0.287 e. The molecule has 0 radical (unpaired) electrons. The number of carbonyl (C=O) groups excluding carboxylic acids is 1. The Morgan fingerprint density at radius 1 is 1.20 bits per heavy atom. The number of para-hydroxylation sites is 1. The molecule has 124 valence electrons. The maximum atomic E-state index is 12.3. The van der Waals surface area contributed by atoms with Gasteiger partial charge in [0.2, 0.25) is 0 Å². The number of nitrogens with zero attached hydrogens (tertiary/aromatic N) is 1. The summed E-state index contributed by atoms with van der Waals surface area (Å²) in [5.74, 6) is -0.429. The molecule has 1 N–H and O–H groups in total. The van der Waals surface area contributed by atoms with Crippen molar-refractivity contribution in [2.75, 3.05) is 0 Å². The monoisotopic (exact) mass is 350 g/mol. The van der Waals surface area contributed by atoms with Gasteiger partial charge in [-0.3, -0.25) is 9.59 Å². The Bertz CT molecular complexity index is 1130. The van der Waals surface area contributed by atoms with Gasteiger partial charge in [0.25, 0.3) is 5.91 Å². The van der Waals surface area contributed by atoms with E-state index in [1.54, 1.807) is 12.1 Å². The number of hydrogen-bond acceptors (Lipinski definition) is 5. The molecule has 4 rings (SSSR count). The zero-order valence-electron chi connectivity index (χ0n) is 13.4. The Labute approximate surface area is 146 Å². The molecule has 2 heterocycles. The summed E-state index contributed by atoms with van der Waals surface area (Å²) in [6.07, 6.45) is 0. The first-order valence-electron chi connectivity index (χ1n) is 7.77. The Kier molecular flexibility index (Phi) is 3.82. The van der Waals surface area contributed by atoms with Crippen LogP contribution < -0.4 is 10.7 Å². The third kappa shape index (κ3) is 3.04. The second-order valence-corrected chi connectivity index (χ2v) is 6.85. The molecule has 6 heteroatoms. The lowest BCUT2D eigenvalue weighted by Gasteiger charge is -2.04. The van der Waals surface area contributed by atoms with E-state index in [-0.39, 0.29) is 17.7 Å². The molecule has 0 spiro atoms. The van der Waals surface area contributed by atoms with Crippen molar-refractivity contribution in [3.05, 3.63) is 75.1 Å². The lowest BCUT2D eigenvalue weighted by Crippen LogP contribution is -2.23. The van der Waals surface area contributed by atoms with Gasteiger partial charge in [-0.05, 0) is 31.2 Å². The average Bonchev–Trinajstić information content (AvgIpc) is 3.03. The van der Waals surface area contributed by atoms with Crippen LogP contribution in [-0.4, -0.2) is 10.9 Å². The molecule has 1 amide bonds. The van der Waals surface area contributed by atoms with E-state index >= 15 is 0 Å². The molecule has 0 unspecified atom stereocenters. The molecule has 2 aromatic heterocycles. The highest BCUT2D eigenvalue weighted by molar-refractivity contribution is 7.18. The first-order valence-corrected chi connectivity index (χ1v) is 8.59. The molecular weight excluding hydrogens is 336 g/mol. The maximum Gasteiger partial charge on any atom is 0.287 e. The molecule has 4 aromatic rings. The molecule has 0 aliphatic rings. The van der Waals surface area contributed by atoms with Crippen molar-refractivity contribution in [2.24, 2.45) is 0 Å². The van der Waals surface area contributed by atoms with Crippen LogP contribution in [0, 0.1) is 6.92 Å². The van der Waals surface area contributed by atoms with Crippen LogP contribution >= 0.6 is 11.3 Å². The highest BCUT2D eigenvalue weighted by atomic mass is 32.1. The van der Waals surface area contributed by atoms with Crippen molar-refractivity contribution in [1.29, 1.82) is 0 Å². The van der Waals surface area contributed by atoms with Crippen molar-refractivity contribution in [3.8, 4) is 0 Å². The van der Waals surface area contributed by atoms with E-state index < -0.39 is 5.91 Å². The first-order chi connectivity index (χ1) is 12.1. The van der Waals surface area contributed by atoms with Crippen molar-refractivity contribution in [3.63, 3.8) is 0 Å². The minimum absolute atomic E-state index is 0.00228. The van der Waals surface area contributed by atoms with E-state index in [4.69, 9.17) is 4.42 Å². The number of amides is 1. The van der Waals surface area contributed by atoms with Gasteiger partial charge in [-0.1, -0.05) is 23.8 Å². The Morgan fingerprint density at radius 2 is 2.04 bits per heavy atom. The van der Waals surface area contributed by atoms with Crippen molar-refractivity contribution in [1.82, 2.24) is 10.3 Å². The van der Waals surface area contributed by atoms with E-state index in [1.165, 1.54) is 17.4 Å². The lowest BCUT2D eigenvalue weighted by molar-refractivity contribution is 0.0923. The van der Waals surface area contributed by atoms with Crippen LogP contribution in [0.1, 0.15) is 21.1 Å². The zero-order valence-corrected chi connectivity index (χ0v) is 14.2. The standard InChI is InChI=1S/C19H14N2O3S/c1-11-6-7-15-12(8-11)14(22)9-16(24-15)19(23)20-10-18-21-13-4-2-3-5-17(13)25-18/h2-9H,10H2,1H3,(H,20,23). The Hall–Kier alpha value is -2.99. The normalized spacial score (nSPS) is 11.1. The van der Waals surface area contributed by atoms with Gasteiger partial charge in [-0.15, -0.1) is 11.3 Å². The average molecular weight is 350 g/mol. The summed E-state index contributed by atoms with van der Waals surface area (Å²) in [7, 11) is 0. The quantitative estimate of drug-likeness (QED) is 0.612. The summed E-state index contributed by atoms with van der Waals surface area (Å²) < 4.78 is 6.65. The number of nitrogens with one attached hydrogen (secondary N) is 1. The van der Waals surface area contributed by atoms with E-state index in [0.717, 1.165) is 20.8 Å². The summed E-state index contributed by atoms with van der Waals surface area (Å²) in [4.78, 5) is 29.0. The van der Waals surface area contributed by atoms with Gasteiger partial charge < -0.3 is 9.73 Å². The molecule has 0 saturated heterocycles. The minimum atomic E-state index is -0.432. The van der Waals surface area contributed by atoms with Gasteiger partial charge in [0.05, 0.1) is 22.1 Å². The summed E-state index contributed by atoms with van der Waals surface area (Å²) in [5, 5.41) is 4.03. The van der Waals surface area contributed by atoms with Crippen LogP contribution in [0.2, 0.25) is 0 Å². The first kappa shape index (κ1) is 15.5. The third-order valence-corrected chi connectivity index (χ3v) is 4.88. The Morgan fingerprint density at radius 3 is 2.88 bits per heavy atom. The van der Waals surface area contributed by atoms with Gasteiger partial charge in [0.1, 0.15) is 10.6 Å². The molecule has 5 nitrogen and oxygen atoms in total. The number of thiazole rings is 1. The van der Waals surface area contributed by atoms with Gasteiger partial charge >= 0.3 is 0 Å². The summed E-state index contributed by atoms with van der Waals surface area (Å²) in [5.41, 5.74) is 2.05. The number of rotatable bonds is 3. The van der Waals surface area contributed by atoms with Crippen molar-refractivity contribution >= 4 is 38.4 Å². The van der Waals surface area contributed by atoms with Crippen LogP contribution in [0.5, 0.6) is 0 Å². The predicted octanol–water partition coefficient (Wildman–Crippen LogP) is 3.64. The van der Waals surface area contributed by atoms with Crippen LogP contribution in [0.4, 0.5) is 0 Å². The fourth-order valence-corrected chi connectivity index (χ4v) is 3.53. The fourth-order valence-electron chi connectivity index (χ4n) is 2.62. The number of hydrogen-bond donors (Lipinski definition) is 1. The zero-order chi connectivity index (χ0) is 17.4. The molecule has 0 aliphatic heterocycles. The van der Waals surface area contributed by atoms with Gasteiger partial charge in [0, 0.05) is 6.07 Å². The number of aryl methyl sites for hydroxylation is 1. The minimum Gasteiger partial charge on any atom is -0.451 e. The molecular formula is C19H14N2O3S. The highest BCUT2D eigenvalue weighted by Gasteiger charge is 2.13. The van der Waals surface area contributed by atoms with E-state index in [0.29, 0.717) is 11.0 Å². The fraction of sp³-hybridized carbons (Fsp3) is 0.105. The molecule has 0 atom stereocenters. The van der Waals surface area contributed by atoms with E-state index in [9.17, 15) is 9.59 Å². The van der Waals surface area contributed by atoms with Crippen molar-refractivity contribution in [2.45, 2.75) is 13.5 Å². The number of fused-ring (bicyclic) bond motifs is 2. The van der Waals surface area contributed by atoms with Crippen LogP contribution in [-0.2, 0) is 6.54 Å². The van der Waals surface area contributed by atoms with Gasteiger partial charge in [0.15, 0.2) is 11.2 Å². The number of carbonyl (C=O) groups is 1. The summed E-state index contributed by atoms with van der Waals surface area (Å²) >= 11 is 1.52. The summed E-state index contributed by atoms with van der Waals surface area (Å²) in [6.45, 7) is 2.19. The molecule has 25 heavy (non-hydrogen) atoms. The molecule has 0 aliphatic carbocycles. The lowest BCUT2D eigenvalue weighted by atomic mass is 10.1. The molecule has 0 saturated carbocycles. The van der Waals surface area contributed by atoms with Crippen molar-refractivity contribution < 1.29 is 9.21 Å². The maximum absolute atomic E-state index is 12.3. The molecule has 0 bridgehead atoms.